The molecule has 1 aliphatic heterocycles. The summed E-state index contributed by atoms with van der Waals surface area (Å²) >= 11 is 0. The van der Waals surface area contributed by atoms with Gasteiger partial charge in [0.05, 0.1) is 11.8 Å². The Morgan fingerprint density at radius 3 is 2.44 bits per heavy atom. The van der Waals surface area contributed by atoms with Gasteiger partial charge in [-0.2, -0.15) is 0 Å². The summed E-state index contributed by atoms with van der Waals surface area (Å²) < 4.78 is 5.04. The SMILES string of the molecule is O=C(CN1C(=O)[C@H]2CCCC[C@@H]2C1=O)OCC(=O)c1c[nH]c2ccccc12. The Labute approximate surface area is 155 Å². The van der Waals surface area contributed by atoms with E-state index in [0.29, 0.717) is 18.4 Å². The second kappa shape index (κ2) is 6.98. The number of nitrogens with one attached hydrogen (secondary N) is 1. The lowest BCUT2D eigenvalue weighted by atomic mass is 9.81. The number of aromatic amines is 1. The molecule has 2 aliphatic rings. The van der Waals surface area contributed by atoms with E-state index in [9.17, 15) is 19.2 Å². The van der Waals surface area contributed by atoms with Crippen LogP contribution in [0.2, 0.25) is 0 Å². The molecule has 7 heteroatoms. The van der Waals surface area contributed by atoms with E-state index in [2.05, 4.69) is 4.98 Å². The molecule has 7 nitrogen and oxygen atoms in total. The molecule has 1 aliphatic carbocycles. The zero-order valence-corrected chi connectivity index (χ0v) is 14.8. The number of likely N-dealkylation sites (tertiary alicyclic amines) is 1. The van der Waals surface area contributed by atoms with Crippen LogP contribution in [0, 0.1) is 11.8 Å². The van der Waals surface area contributed by atoms with E-state index in [0.717, 1.165) is 28.6 Å². The predicted octanol–water partition coefficient (Wildman–Crippen LogP) is 2.07. The van der Waals surface area contributed by atoms with E-state index in [-0.39, 0.29) is 29.4 Å². The number of nitrogens with zero attached hydrogens (tertiary/aromatic N) is 1. The number of carbonyl (C=O) groups excluding carboxylic acids is 4. The van der Waals surface area contributed by atoms with E-state index in [1.54, 1.807) is 6.20 Å². The summed E-state index contributed by atoms with van der Waals surface area (Å²) in [5.74, 6) is -2.26. The number of esters is 1. The molecule has 1 saturated carbocycles. The van der Waals surface area contributed by atoms with Crippen molar-refractivity contribution < 1.29 is 23.9 Å². The highest BCUT2D eigenvalue weighted by atomic mass is 16.5. The minimum atomic E-state index is -0.747. The van der Waals surface area contributed by atoms with Crippen molar-refractivity contribution in [1.29, 1.82) is 0 Å². The summed E-state index contributed by atoms with van der Waals surface area (Å²) in [6, 6.07) is 7.34. The number of H-pyrrole nitrogens is 1. The highest BCUT2D eigenvalue weighted by Gasteiger charge is 2.48. The lowest BCUT2D eigenvalue weighted by Crippen LogP contribution is -2.37. The third kappa shape index (κ3) is 3.13. The zero-order valence-electron chi connectivity index (χ0n) is 14.8. The summed E-state index contributed by atoms with van der Waals surface area (Å²) in [5, 5.41) is 0.757. The molecule has 4 rings (SSSR count). The predicted molar refractivity (Wildman–Crippen MR) is 95.8 cm³/mol. The molecule has 0 bridgehead atoms. The highest BCUT2D eigenvalue weighted by molar-refractivity contribution is 6.09. The Bertz CT molecular complexity index is 907. The van der Waals surface area contributed by atoms with Crippen LogP contribution in [0.25, 0.3) is 10.9 Å². The van der Waals surface area contributed by atoms with Crippen molar-refractivity contribution in [3.05, 3.63) is 36.0 Å². The van der Waals surface area contributed by atoms with Crippen molar-refractivity contribution in [2.75, 3.05) is 13.2 Å². The van der Waals surface area contributed by atoms with Crippen LogP contribution in [0.4, 0.5) is 0 Å². The summed E-state index contributed by atoms with van der Waals surface area (Å²) in [6.45, 7) is -0.852. The van der Waals surface area contributed by atoms with E-state index >= 15 is 0 Å². The minimum absolute atomic E-state index is 0.287. The van der Waals surface area contributed by atoms with E-state index in [1.165, 1.54) is 0 Å². The zero-order chi connectivity index (χ0) is 19.0. The average Bonchev–Trinajstić information content (AvgIpc) is 3.22. The standard InChI is InChI=1S/C20H20N2O5/c23-17(15-9-21-16-8-4-3-5-12(15)16)11-27-18(24)10-22-19(25)13-6-1-2-7-14(13)20(22)26/h3-5,8-9,13-14,21H,1-2,6-7,10-11H2/t13-,14-/m0/s1. The molecule has 2 aromatic rings. The first-order chi connectivity index (χ1) is 13.1. The second-order valence-electron chi connectivity index (χ2n) is 7.09. The normalized spacial score (nSPS) is 22.1. The molecule has 140 valence electrons. The third-order valence-corrected chi connectivity index (χ3v) is 5.47. The van der Waals surface area contributed by atoms with Crippen LogP contribution in [0.3, 0.4) is 0 Å². The number of fused-ring (bicyclic) bond motifs is 2. The number of aromatic nitrogens is 1. The van der Waals surface area contributed by atoms with Gasteiger partial charge < -0.3 is 9.72 Å². The van der Waals surface area contributed by atoms with Crippen molar-refractivity contribution in [2.24, 2.45) is 11.8 Å². The lowest BCUT2D eigenvalue weighted by molar-refractivity contribution is -0.152. The van der Waals surface area contributed by atoms with Crippen LogP contribution >= 0.6 is 0 Å². The fourth-order valence-electron chi connectivity index (χ4n) is 4.09. The largest absolute Gasteiger partial charge is 0.456 e. The molecule has 0 unspecified atom stereocenters. The fraction of sp³-hybridized carbons (Fsp3) is 0.400. The number of hydrogen-bond acceptors (Lipinski definition) is 5. The van der Waals surface area contributed by atoms with Gasteiger partial charge in [0.2, 0.25) is 17.6 Å². The van der Waals surface area contributed by atoms with Crippen molar-refractivity contribution >= 4 is 34.5 Å². The summed E-state index contributed by atoms with van der Waals surface area (Å²) in [4.78, 5) is 53.2. The molecule has 2 heterocycles. The smallest absolute Gasteiger partial charge is 0.326 e. The Hall–Kier alpha value is -2.96. The highest BCUT2D eigenvalue weighted by Crippen LogP contribution is 2.37. The number of Topliss-reactive ketones (excluding diaryl/α,β-unsaturated/α-hetero) is 1. The fourth-order valence-corrected chi connectivity index (χ4v) is 4.09. The molecule has 2 atom stereocenters. The number of rotatable bonds is 5. The first-order valence-corrected chi connectivity index (χ1v) is 9.16. The van der Waals surface area contributed by atoms with Crippen molar-refractivity contribution in [1.82, 2.24) is 9.88 Å². The Balaban J connectivity index is 1.36. The van der Waals surface area contributed by atoms with Gasteiger partial charge in [0.25, 0.3) is 0 Å². The van der Waals surface area contributed by atoms with E-state index in [4.69, 9.17) is 4.74 Å². The Morgan fingerprint density at radius 2 is 1.74 bits per heavy atom. The average molecular weight is 368 g/mol. The first-order valence-electron chi connectivity index (χ1n) is 9.16. The van der Waals surface area contributed by atoms with Gasteiger partial charge in [-0.1, -0.05) is 31.0 Å². The molecule has 1 saturated heterocycles. The number of para-hydroxylation sites is 1. The van der Waals surface area contributed by atoms with E-state index in [1.807, 2.05) is 24.3 Å². The van der Waals surface area contributed by atoms with Crippen molar-refractivity contribution in [3.63, 3.8) is 0 Å². The second-order valence-corrected chi connectivity index (χ2v) is 7.09. The maximum atomic E-state index is 12.4. The molecule has 0 spiro atoms. The maximum Gasteiger partial charge on any atom is 0.326 e. The van der Waals surface area contributed by atoms with Crippen molar-refractivity contribution in [2.45, 2.75) is 25.7 Å². The molecule has 2 amide bonds. The van der Waals surface area contributed by atoms with Gasteiger partial charge in [-0.3, -0.25) is 24.1 Å². The summed E-state index contributed by atoms with van der Waals surface area (Å²) in [7, 11) is 0. The van der Waals surface area contributed by atoms with Crippen molar-refractivity contribution in [3.8, 4) is 0 Å². The van der Waals surface area contributed by atoms with Crippen LogP contribution < -0.4 is 0 Å². The van der Waals surface area contributed by atoms with Gasteiger partial charge in [0.15, 0.2) is 6.61 Å². The van der Waals surface area contributed by atoms with Gasteiger partial charge >= 0.3 is 5.97 Å². The summed E-state index contributed by atoms with van der Waals surface area (Å²) in [6.07, 6.45) is 4.83. The third-order valence-electron chi connectivity index (χ3n) is 5.47. The number of ketones is 1. The molecule has 2 fully saturated rings. The van der Waals surface area contributed by atoms with Crippen LogP contribution in [0.5, 0.6) is 0 Å². The van der Waals surface area contributed by atoms with E-state index < -0.39 is 19.1 Å². The number of amides is 2. The van der Waals surface area contributed by atoms with Gasteiger partial charge in [-0.15, -0.1) is 0 Å². The quantitative estimate of drug-likeness (QED) is 0.495. The molecule has 1 aromatic carbocycles. The number of hydrogen-bond donors (Lipinski definition) is 1. The van der Waals surface area contributed by atoms with Crippen LogP contribution in [0.15, 0.2) is 30.5 Å². The molecule has 1 N–H and O–H groups in total. The number of ether oxygens (including phenoxy) is 1. The van der Waals surface area contributed by atoms with Gasteiger partial charge in [0.1, 0.15) is 6.54 Å². The van der Waals surface area contributed by atoms with Crippen LogP contribution in [-0.4, -0.2) is 46.6 Å². The Kier molecular flexibility index (Phi) is 4.51. The Morgan fingerprint density at radius 1 is 1.07 bits per heavy atom. The molecule has 0 radical (unpaired) electrons. The number of benzene rings is 1. The molecule has 27 heavy (non-hydrogen) atoms. The minimum Gasteiger partial charge on any atom is -0.456 e. The topological polar surface area (TPSA) is 96.5 Å². The molecular formula is C20H20N2O5. The lowest BCUT2D eigenvalue weighted by Gasteiger charge is -2.19. The number of carbonyl (C=O) groups is 4. The number of imide groups is 1. The first kappa shape index (κ1) is 17.5. The maximum absolute atomic E-state index is 12.4. The van der Waals surface area contributed by atoms with Gasteiger partial charge in [-0.05, 0) is 18.9 Å². The summed E-state index contributed by atoms with van der Waals surface area (Å²) in [5.41, 5.74) is 1.26. The van der Waals surface area contributed by atoms with Crippen LogP contribution in [-0.2, 0) is 19.1 Å². The monoisotopic (exact) mass is 368 g/mol. The molecular weight excluding hydrogens is 348 g/mol. The van der Waals surface area contributed by atoms with Gasteiger partial charge in [0, 0.05) is 22.7 Å². The molecule has 1 aromatic heterocycles. The van der Waals surface area contributed by atoms with Gasteiger partial charge in [-0.25, -0.2) is 0 Å². The van der Waals surface area contributed by atoms with Crippen LogP contribution in [0.1, 0.15) is 36.0 Å².